The molecule has 0 saturated heterocycles. The Morgan fingerprint density at radius 2 is 2.06 bits per heavy atom. The van der Waals surface area contributed by atoms with Crippen LogP contribution in [-0.2, 0) is 4.79 Å². The van der Waals surface area contributed by atoms with Gasteiger partial charge in [0.2, 0.25) is 5.91 Å². The molecular weight excluding hydrogens is 255 g/mol. The lowest BCUT2D eigenvalue weighted by molar-refractivity contribution is -0.120. The fourth-order valence-corrected chi connectivity index (χ4v) is 1.47. The lowest BCUT2D eigenvalue weighted by Crippen LogP contribution is -2.37. The number of carbonyl (C=O) groups excluding carboxylic acids is 2. The number of thiol groups is 1. The van der Waals surface area contributed by atoms with Gasteiger partial charge < -0.3 is 10.6 Å². The molecule has 2 N–H and O–H groups in total. The average Bonchev–Trinajstić information content (AvgIpc) is 2.36. The summed E-state index contributed by atoms with van der Waals surface area (Å²) >= 11 is 4.02. The van der Waals surface area contributed by atoms with E-state index < -0.39 is 11.7 Å². The van der Waals surface area contributed by atoms with E-state index in [2.05, 4.69) is 23.3 Å². The lowest BCUT2D eigenvalue weighted by Gasteiger charge is -2.07. The maximum atomic E-state index is 13.4. The van der Waals surface area contributed by atoms with E-state index in [1.165, 1.54) is 12.1 Å². The number of nitrogens with one attached hydrogen (secondary N) is 2. The molecule has 0 aromatic heterocycles. The summed E-state index contributed by atoms with van der Waals surface area (Å²) in [6, 6.07) is 3.93. The highest BCUT2D eigenvalue weighted by Gasteiger charge is 2.12. The van der Waals surface area contributed by atoms with E-state index in [-0.39, 0.29) is 18.0 Å². The Kier molecular flexibility index (Phi) is 5.64. The number of carbonyl (C=O) groups is 2. The quantitative estimate of drug-likeness (QED) is 0.708. The Balaban J connectivity index is 2.55. The van der Waals surface area contributed by atoms with E-state index >= 15 is 0 Å². The molecule has 0 aliphatic heterocycles. The van der Waals surface area contributed by atoms with Crippen molar-refractivity contribution in [3.05, 3.63) is 29.6 Å². The van der Waals surface area contributed by atoms with Crippen LogP contribution in [0.25, 0.3) is 0 Å². The fraction of sp³-hybridized carbons (Fsp3) is 0.333. The molecule has 98 valence electrons. The van der Waals surface area contributed by atoms with Gasteiger partial charge in [0.05, 0.1) is 12.1 Å². The van der Waals surface area contributed by atoms with Gasteiger partial charge in [-0.3, -0.25) is 9.59 Å². The predicted molar refractivity (Wildman–Crippen MR) is 69.3 cm³/mol. The molecule has 0 fully saturated rings. The van der Waals surface area contributed by atoms with Crippen molar-refractivity contribution in [2.45, 2.75) is 18.2 Å². The Morgan fingerprint density at radius 3 is 2.72 bits per heavy atom. The Morgan fingerprint density at radius 1 is 1.33 bits per heavy atom. The van der Waals surface area contributed by atoms with Crippen LogP contribution in [0, 0.1) is 5.82 Å². The number of hydrogen-bond donors (Lipinski definition) is 3. The zero-order valence-corrected chi connectivity index (χ0v) is 10.9. The summed E-state index contributed by atoms with van der Waals surface area (Å²) in [6.07, 6.45) is 0.815. The van der Waals surface area contributed by atoms with Crippen molar-refractivity contribution in [2.24, 2.45) is 0 Å². The van der Waals surface area contributed by atoms with E-state index in [9.17, 15) is 14.0 Å². The van der Waals surface area contributed by atoms with Crippen LogP contribution in [0.4, 0.5) is 4.39 Å². The zero-order chi connectivity index (χ0) is 13.5. The van der Waals surface area contributed by atoms with Crippen molar-refractivity contribution < 1.29 is 14.0 Å². The first-order valence-electron chi connectivity index (χ1n) is 5.58. The molecule has 0 aliphatic carbocycles. The minimum atomic E-state index is -0.640. The van der Waals surface area contributed by atoms with Gasteiger partial charge in [-0.1, -0.05) is 6.92 Å². The fourth-order valence-electron chi connectivity index (χ4n) is 1.27. The van der Waals surface area contributed by atoms with Crippen molar-refractivity contribution in [1.82, 2.24) is 10.6 Å². The second kappa shape index (κ2) is 7.00. The highest BCUT2D eigenvalue weighted by Crippen LogP contribution is 2.13. The van der Waals surface area contributed by atoms with Crippen molar-refractivity contribution in [2.75, 3.05) is 13.1 Å². The molecule has 0 atom stereocenters. The molecule has 18 heavy (non-hydrogen) atoms. The number of halogens is 1. The SMILES string of the molecule is CCCNC(=O)CNC(=O)c1cc(S)ccc1F. The minimum absolute atomic E-state index is 0.120. The van der Waals surface area contributed by atoms with Gasteiger partial charge in [-0.2, -0.15) is 0 Å². The van der Waals surface area contributed by atoms with Crippen LogP contribution in [0.1, 0.15) is 23.7 Å². The molecule has 4 nitrogen and oxygen atoms in total. The topological polar surface area (TPSA) is 58.2 Å². The first kappa shape index (κ1) is 14.5. The third-order valence-electron chi connectivity index (χ3n) is 2.18. The average molecular weight is 270 g/mol. The number of amides is 2. The number of benzene rings is 1. The van der Waals surface area contributed by atoms with Crippen LogP contribution >= 0.6 is 12.6 Å². The van der Waals surface area contributed by atoms with Gasteiger partial charge in [0, 0.05) is 11.4 Å². The van der Waals surface area contributed by atoms with Crippen molar-refractivity contribution >= 4 is 24.4 Å². The van der Waals surface area contributed by atoms with Crippen molar-refractivity contribution in [3.8, 4) is 0 Å². The molecule has 0 saturated carbocycles. The summed E-state index contributed by atoms with van der Waals surface area (Å²) in [5.74, 6) is -1.57. The first-order valence-corrected chi connectivity index (χ1v) is 6.02. The van der Waals surface area contributed by atoms with E-state index in [0.29, 0.717) is 11.4 Å². The maximum Gasteiger partial charge on any atom is 0.254 e. The van der Waals surface area contributed by atoms with Gasteiger partial charge in [0.1, 0.15) is 5.82 Å². The minimum Gasteiger partial charge on any atom is -0.355 e. The highest BCUT2D eigenvalue weighted by molar-refractivity contribution is 7.80. The molecule has 0 unspecified atom stereocenters. The summed E-state index contributed by atoms with van der Waals surface area (Å²) in [5, 5.41) is 4.95. The van der Waals surface area contributed by atoms with Crippen LogP contribution in [0.3, 0.4) is 0 Å². The van der Waals surface area contributed by atoms with Gasteiger partial charge in [0.25, 0.3) is 5.91 Å². The van der Waals surface area contributed by atoms with E-state index in [4.69, 9.17) is 0 Å². The molecule has 0 heterocycles. The smallest absolute Gasteiger partial charge is 0.254 e. The molecule has 1 rings (SSSR count). The Bertz CT molecular complexity index is 452. The van der Waals surface area contributed by atoms with Gasteiger partial charge >= 0.3 is 0 Å². The summed E-state index contributed by atoms with van der Waals surface area (Å²) in [5.41, 5.74) is -0.120. The Hall–Kier alpha value is -1.56. The highest BCUT2D eigenvalue weighted by atomic mass is 32.1. The summed E-state index contributed by atoms with van der Waals surface area (Å²) < 4.78 is 13.4. The standard InChI is InChI=1S/C12H15FN2O2S/c1-2-5-14-11(16)7-15-12(17)9-6-8(18)3-4-10(9)13/h3-4,6,18H,2,5,7H2,1H3,(H,14,16)(H,15,17). The van der Waals surface area contributed by atoms with Crippen LogP contribution in [0.15, 0.2) is 23.1 Å². The molecule has 0 spiro atoms. The largest absolute Gasteiger partial charge is 0.355 e. The molecule has 2 amide bonds. The summed E-state index contributed by atoms with van der Waals surface area (Å²) in [6.45, 7) is 2.30. The normalized spacial score (nSPS) is 9.94. The molecular formula is C12H15FN2O2S. The lowest BCUT2D eigenvalue weighted by atomic mass is 10.2. The molecule has 1 aromatic carbocycles. The molecule has 1 aromatic rings. The molecule has 0 aliphatic rings. The van der Waals surface area contributed by atoms with Gasteiger partial charge in [-0.25, -0.2) is 4.39 Å². The second-order valence-corrected chi connectivity index (χ2v) is 4.21. The number of hydrogen-bond acceptors (Lipinski definition) is 3. The molecule has 6 heteroatoms. The third kappa shape index (κ3) is 4.37. The molecule has 0 radical (unpaired) electrons. The van der Waals surface area contributed by atoms with Crippen molar-refractivity contribution in [1.29, 1.82) is 0 Å². The first-order chi connectivity index (χ1) is 8.54. The van der Waals surface area contributed by atoms with Crippen LogP contribution in [0.5, 0.6) is 0 Å². The van der Waals surface area contributed by atoms with E-state index in [0.717, 1.165) is 12.5 Å². The van der Waals surface area contributed by atoms with E-state index in [1.54, 1.807) is 0 Å². The zero-order valence-electron chi connectivity index (χ0n) is 10.00. The van der Waals surface area contributed by atoms with Crippen molar-refractivity contribution in [3.63, 3.8) is 0 Å². The molecule has 0 bridgehead atoms. The second-order valence-electron chi connectivity index (χ2n) is 3.70. The van der Waals surface area contributed by atoms with Gasteiger partial charge in [0.15, 0.2) is 0 Å². The Labute approximate surface area is 110 Å². The van der Waals surface area contributed by atoms with E-state index in [1.807, 2.05) is 6.92 Å². The van der Waals surface area contributed by atoms with Gasteiger partial charge in [-0.15, -0.1) is 12.6 Å². The third-order valence-corrected chi connectivity index (χ3v) is 2.45. The van der Waals surface area contributed by atoms with Crippen LogP contribution in [-0.4, -0.2) is 24.9 Å². The van der Waals surface area contributed by atoms with Gasteiger partial charge in [-0.05, 0) is 24.6 Å². The predicted octanol–water partition coefficient (Wildman–Crippen LogP) is 1.37. The monoisotopic (exact) mass is 270 g/mol. The van der Waals surface area contributed by atoms with Crippen LogP contribution < -0.4 is 10.6 Å². The number of rotatable bonds is 5. The maximum absolute atomic E-state index is 13.4. The van der Waals surface area contributed by atoms with Crippen LogP contribution in [0.2, 0.25) is 0 Å². The summed E-state index contributed by atoms with van der Waals surface area (Å²) in [7, 11) is 0. The summed E-state index contributed by atoms with van der Waals surface area (Å²) in [4.78, 5) is 23.4.